The summed E-state index contributed by atoms with van der Waals surface area (Å²) in [6.07, 6.45) is -0.0229. The fourth-order valence-electron chi connectivity index (χ4n) is 3.09. The fraction of sp³-hybridized carbons (Fsp3) is 0.0476. The number of nitrogens with zero attached hydrogens (tertiary/aromatic N) is 2. The number of hydrogen-bond acceptors (Lipinski definition) is 4. The first-order chi connectivity index (χ1) is 13.5. The molecule has 0 aliphatic carbocycles. The molecule has 3 aromatic rings. The van der Waals surface area contributed by atoms with Gasteiger partial charge in [0.05, 0.1) is 28.4 Å². The van der Waals surface area contributed by atoms with Crippen LogP contribution in [0.3, 0.4) is 0 Å². The number of halogens is 1. The molecule has 1 aliphatic rings. The van der Waals surface area contributed by atoms with Crippen LogP contribution >= 0.6 is 0 Å². The van der Waals surface area contributed by atoms with E-state index in [9.17, 15) is 19.3 Å². The second-order valence-electron chi connectivity index (χ2n) is 6.30. The van der Waals surface area contributed by atoms with Crippen molar-refractivity contribution < 1.29 is 14.1 Å². The van der Waals surface area contributed by atoms with Gasteiger partial charge in [0, 0.05) is 23.3 Å². The van der Waals surface area contributed by atoms with E-state index >= 15 is 0 Å². The summed E-state index contributed by atoms with van der Waals surface area (Å²) in [6, 6.07) is 17.5. The van der Waals surface area contributed by atoms with Crippen LogP contribution in [0.4, 0.5) is 21.5 Å². The molecule has 4 rings (SSSR count). The van der Waals surface area contributed by atoms with Crippen molar-refractivity contribution in [3.8, 4) is 11.1 Å². The summed E-state index contributed by atoms with van der Waals surface area (Å²) in [7, 11) is 0. The highest BCUT2D eigenvalue weighted by atomic mass is 19.1. The predicted octanol–water partition coefficient (Wildman–Crippen LogP) is 4.86. The van der Waals surface area contributed by atoms with Crippen molar-refractivity contribution in [3.63, 3.8) is 0 Å². The van der Waals surface area contributed by atoms with Crippen LogP contribution in [0.15, 0.2) is 71.7 Å². The van der Waals surface area contributed by atoms with E-state index in [1.807, 2.05) is 0 Å². The number of fused-ring (bicyclic) bond motifs is 1. The Morgan fingerprint density at radius 1 is 1.00 bits per heavy atom. The van der Waals surface area contributed by atoms with E-state index in [4.69, 9.17) is 0 Å². The number of benzene rings is 3. The predicted molar refractivity (Wildman–Crippen MR) is 104 cm³/mol. The second-order valence-corrected chi connectivity index (χ2v) is 6.30. The Bertz CT molecular complexity index is 1140. The molecule has 1 amide bonds. The molecule has 0 saturated carbocycles. The molecule has 1 aliphatic heterocycles. The van der Waals surface area contributed by atoms with Gasteiger partial charge < -0.3 is 5.32 Å². The molecular weight excluding hydrogens is 361 g/mol. The molecule has 7 heteroatoms. The molecule has 28 heavy (non-hydrogen) atoms. The van der Waals surface area contributed by atoms with Crippen molar-refractivity contribution in [1.82, 2.24) is 0 Å². The monoisotopic (exact) mass is 375 g/mol. The minimum atomic E-state index is -0.491. The van der Waals surface area contributed by atoms with Crippen LogP contribution in [-0.4, -0.2) is 16.5 Å². The number of amides is 1. The summed E-state index contributed by atoms with van der Waals surface area (Å²) in [4.78, 5) is 27.4. The van der Waals surface area contributed by atoms with E-state index in [1.165, 1.54) is 18.2 Å². The normalized spacial score (nSPS) is 13.2. The highest BCUT2D eigenvalue weighted by Crippen LogP contribution is 2.34. The number of non-ortho nitro benzene ring substituents is 1. The molecule has 0 bridgehead atoms. The highest BCUT2D eigenvalue weighted by molar-refractivity contribution is 6.17. The lowest BCUT2D eigenvalue weighted by molar-refractivity contribution is -0.384. The molecule has 0 atom stereocenters. The number of nitro benzene ring substituents is 1. The van der Waals surface area contributed by atoms with Gasteiger partial charge >= 0.3 is 0 Å². The minimum Gasteiger partial charge on any atom is -0.324 e. The first-order valence-electron chi connectivity index (χ1n) is 8.52. The summed E-state index contributed by atoms with van der Waals surface area (Å²) < 4.78 is 14.1. The SMILES string of the molecule is O=C1CC(c2cccc([N+](=O)[O-])c2)=Nc2ccc(-c3ccccc3F)cc2N1. The van der Waals surface area contributed by atoms with Gasteiger partial charge in [0.25, 0.3) is 5.69 Å². The minimum absolute atomic E-state index is 0.0229. The average molecular weight is 375 g/mol. The summed E-state index contributed by atoms with van der Waals surface area (Å²) in [5.41, 5.74) is 2.88. The summed E-state index contributed by atoms with van der Waals surface area (Å²) in [5, 5.41) is 13.8. The van der Waals surface area contributed by atoms with Crippen LogP contribution < -0.4 is 5.32 Å². The van der Waals surface area contributed by atoms with Gasteiger partial charge in [-0.3, -0.25) is 19.9 Å². The van der Waals surface area contributed by atoms with Gasteiger partial charge in [-0.15, -0.1) is 0 Å². The summed E-state index contributed by atoms with van der Waals surface area (Å²) in [6.45, 7) is 0. The Morgan fingerprint density at radius 2 is 1.82 bits per heavy atom. The van der Waals surface area contributed by atoms with Gasteiger partial charge in [-0.05, 0) is 23.8 Å². The van der Waals surface area contributed by atoms with Gasteiger partial charge in [-0.1, -0.05) is 36.4 Å². The standard InChI is InChI=1S/C21H14FN3O3/c22-17-7-2-1-6-16(17)13-8-9-18-20(11-13)24-21(26)12-19(23-18)14-4-3-5-15(10-14)25(27)28/h1-11H,12H2,(H,24,26). The Kier molecular flexibility index (Phi) is 4.41. The summed E-state index contributed by atoms with van der Waals surface area (Å²) in [5.74, 6) is -0.655. The molecule has 6 nitrogen and oxygen atoms in total. The largest absolute Gasteiger partial charge is 0.324 e. The van der Waals surface area contributed by atoms with E-state index < -0.39 is 4.92 Å². The van der Waals surface area contributed by atoms with E-state index in [2.05, 4.69) is 10.3 Å². The van der Waals surface area contributed by atoms with Crippen molar-refractivity contribution in [2.45, 2.75) is 6.42 Å². The van der Waals surface area contributed by atoms with Crippen LogP contribution in [0.25, 0.3) is 11.1 Å². The number of nitro groups is 1. The van der Waals surface area contributed by atoms with Gasteiger partial charge in [0.1, 0.15) is 5.82 Å². The highest BCUT2D eigenvalue weighted by Gasteiger charge is 2.19. The third-order valence-electron chi connectivity index (χ3n) is 4.43. The maximum absolute atomic E-state index is 14.1. The van der Waals surface area contributed by atoms with Crippen LogP contribution in [-0.2, 0) is 4.79 Å². The lowest BCUT2D eigenvalue weighted by Gasteiger charge is -2.09. The van der Waals surface area contributed by atoms with Crippen molar-refractivity contribution in [1.29, 1.82) is 0 Å². The molecule has 3 aromatic carbocycles. The van der Waals surface area contributed by atoms with E-state index in [0.29, 0.717) is 33.8 Å². The van der Waals surface area contributed by atoms with Crippen LogP contribution in [0.2, 0.25) is 0 Å². The quantitative estimate of drug-likeness (QED) is 0.524. The number of rotatable bonds is 3. The maximum atomic E-state index is 14.1. The number of anilines is 1. The van der Waals surface area contributed by atoms with Gasteiger partial charge in [0.15, 0.2) is 0 Å². The first kappa shape index (κ1) is 17.5. The maximum Gasteiger partial charge on any atom is 0.270 e. The van der Waals surface area contributed by atoms with Crippen molar-refractivity contribution in [2.75, 3.05) is 5.32 Å². The Morgan fingerprint density at radius 3 is 2.61 bits per heavy atom. The van der Waals surface area contributed by atoms with Gasteiger partial charge in [-0.2, -0.15) is 0 Å². The van der Waals surface area contributed by atoms with Gasteiger partial charge in [-0.25, -0.2) is 4.39 Å². The number of aliphatic imine (C=N–C) groups is 1. The molecule has 0 fully saturated rings. The molecule has 0 aromatic heterocycles. The molecule has 1 N–H and O–H groups in total. The van der Waals surface area contributed by atoms with Crippen molar-refractivity contribution >= 4 is 28.7 Å². The lowest BCUT2D eigenvalue weighted by atomic mass is 10.0. The summed E-state index contributed by atoms with van der Waals surface area (Å²) >= 11 is 0. The molecule has 1 heterocycles. The fourth-order valence-corrected chi connectivity index (χ4v) is 3.09. The van der Waals surface area contributed by atoms with E-state index in [-0.39, 0.29) is 23.8 Å². The zero-order valence-electron chi connectivity index (χ0n) is 14.6. The van der Waals surface area contributed by atoms with E-state index in [0.717, 1.165) is 0 Å². The average Bonchev–Trinajstić information content (AvgIpc) is 2.86. The number of nitrogens with one attached hydrogen (secondary N) is 1. The molecule has 0 spiro atoms. The molecular formula is C21H14FN3O3. The van der Waals surface area contributed by atoms with Crippen LogP contribution in [0.5, 0.6) is 0 Å². The zero-order chi connectivity index (χ0) is 19.7. The van der Waals surface area contributed by atoms with Gasteiger partial charge in [0.2, 0.25) is 5.91 Å². The molecule has 138 valence electrons. The van der Waals surface area contributed by atoms with Crippen molar-refractivity contribution in [2.24, 2.45) is 4.99 Å². The first-order valence-corrected chi connectivity index (χ1v) is 8.52. The Balaban J connectivity index is 1.78. The lowest BCUT2D eigenvalue weighted by Crippen LogP contribution is -2.15. The number of carbonyl (C=O) groups is 1. The smallest absolute Gasteiger partial charge is 0.270 e. The third-order valence-corrected chi connectivity index (χ3v) is 4.43. The molecule has 0 unspecified atom stereocenters. The topological polar surface area (TPSA) is 84.6 Å². The van der Waals surface area contributed by atoms with E-state index in [1.54, 1.807) is 48.5 Å². The third kappa shape index (κ3) is 3.37. The molecule has 0 radical (unpaired) electrons. The second kappa shape index (κ2) is 7.03. The Hall–Kier alpha value is -3.87. The van der Waals surface area contributed by atoms with Crippen LogP contribution in [0.1, 0.15) is 12.0 Å². The van der Waals surface area contributed by atoms with Crippen molar-refractivity contribution in [3.05, 3.63) is 88.2 Å². The van der Waals surface area contributed by atoms with Crippen LogP contribution in [0, 0.1) is 15.9 Å². The number of hydrogen-bond donors (Lipinski definition) is 1. The zero-order valence-corrected chi connectivity index (χ0v) is 14.6. The molecule has 0 saturated heterocycles. The Labute approximate surface area is 159 Å². The number of carbonyl (C=O) groups excluding carboxylic acids is 1.